The number of rotatable bonds is 3. The maximum absolute atomic E-state index is 11.0. The number of carbonyl (C=O) groups excluding carboxylic acids is 1. The van der Waals surface area contributed by atoms with Crippen molar-refractivity contribution in [3.05, 3.63) is 0 Å². The monoisotopic (exact) mass is 196 g/mol. The molecule has 5 heteroatoms. The molecule has 0 aliphatic carbocycles. The zero-order valence-corrected chi connectivity index (χ0v) is 8.44. The van der Waals surface area contributed by atoms with Gasteiger partial charge in [-0.2, -0.15) is 0 Å². The molecule has 0 aliphatic heterocycles. The molecule has 12 heavy (non-hydrogen) atoms. The maximum Gasteiger partial charge on any atom is 0.237 e. The van der Waals surface area contributed by atoms with Gasteiger partial charge < -0.3 is 16.2 Å². The van der Waals surface area contributed by atoms with Crippen LogP contribution in [0.5, 0.6) is 0 Å². The second-order valence-corrected chi connectivity index (χ2v) is 3.32. The van der Waals surface area contributed by atoms with Crippen molar-refractivity contribution in [3.63, 3.8) is 0 Å². The van der Waals surface area contributed by atoms with E-state index in [-0.39, 0.29) is 24.9 Å². The third-order valence-corrected chi connectivity index (χ3v) is 1.27. The van der Waals surface area contributed by atoms with Gasteiger partial charge >= 0.3 is 0 Å². The minimum Gasteiger partial charge on any atom is -0.394 e. The zero-order chi connectivity index (χ0) is 9.07. The Morgan fingerprint density at radius 3 is 2.33 bits per heavy atom. The molecule has 0 heterocycles. The van der Waals surface area contributed by atoms with Crippen molar-refractivity contribution in [2.45, 2.75) is 32.4 Å². The summed E-state index contributed by atoms with van der Waals surface area (Å²) in [7, 11) is 0. The number of halogens is 1. The molecule has 0 saturated heterocycles. The van der Waals surface area contributed by atoms with E-state index in [0.717, 1.165) is 0 Å². The average molecular weight is 197 g/mol. The van der Waals surface area contributed by atoms with Gasteiger partial charge in [0.25, 0.3) is 0 Å². The Bertz CT molecular complexity index is 148. The number of nitrogens with two attached hydrogens (primary N) is 1. The summed E-state index contributed by atoms with van der Waals surface area (Å²) in [6, 6.07) is -0.527. The summed E-state index contributed by atoms with van der Waals surface area (Å²) in [5.74, 6) is -0.246. The molecule has 4 nitrogen and oxygen atoms in total. The first-order chi connectivity index (χ1) is 4.89. The molecular weight excluding hydrogens is 180 g/mol. The van der Waals surface area contributed by atoms with E-state index in [9.17, 15) is 4.79 Å². The van der Waals surface area contributed by atoms with Crippen LogP contribution in [0.15, 0.2) is 0 Å². The fourth-order valence-electron chi connectivity index (χ4n) is 0.487. The molecule has 0 rings (SSSR count). The third kappa shape index (κ3) is 5.35. The molecule has 0 fully saturated rings. The highest BCUT2D eigenvalue weighted by atomic mass is 35.5. The highest BCUT2D eigenvalue weighted by molar-refractivity contribution is 5.85. The van der Waals surface area contributed by atoms with Crippen LogP contribution >= 0.6 is 12.4 Å². The molecule has 0 aromatic heterocycles. The van der Waals surface area contributed by atoms with Gasteiger partial charge in [0.15, 0.2) is 0 Å². The van der Waals surface area contributed by atoms with E-state index in [2.05, 4.69) is 5.32 Å². The Kier molecular flexibility index (Phi) is 6.34. The second kappa shape index (κ2) is 5.35. The Hall–Kier alpha value is -0.320. The van der Waals surface area contributed by atoms with Crippen molar-refractivity contribution in [1.29, 1.82) is 0 Å². The van der Waals surface area contributed by atoms with Gasteiger partial charge in [0.2, 0.25) is 5.91 Å². The van der Waals surface area contributed by atoms with Gasteiger partial charge in [-0.25, -0.2) is 0 Å². The lowest BCUT2D eigenvalue weighted by Crippen LogP contribution is -2.51. The molecule has 0 bridgehead atoms. The van der Waals surface area contributed by atoms with Crippen LogP contribution in [-0.4, -0.2) is 29.2 Å². The summed E-state index contributed by atoms with van der Waals surface area (Å²) >= 11 is 0. The van der Waals surface area contributed by atoms with E-state index >= 15 is 0 Å². The van der Waals surface area contributed by atoms with Gasteiger partial charge in [-0.15, -0.1) is 12.4 Å². The van der Waals surface area contributed by atoms with Crippen LogP contribution in [0.25, 0.3) is 0 Å². The van der Waals surface area contributed by atoms with Gasteiger partial charge in [-0.3, -0.25) is 4.79 Å². The van der Waals surface area contributed by atoms with Gasteiger partial charge in [-0.05, 0) is 20.8 Å². The Morgan fingerprint density at radius 1 is 1.67 bits per heavy atom. The lowest BCUT2D eigenvalue weighted by molar-refractivity contribution is -0.124. The highest BCUT2D eigenvalue weighted by Gasteiger charge is 2.20. The molecule has 1 unspecified atom stereocenters. The number of nitrogens with one attached hydrogen (secondary N) is 1. The lowest BCUT2D eigenvalue weighted by Gasteiger charge is -2.24. The summed E-state index contributed by atoms with van der Waals surface area (Å²) in [5.41, 5.74) is 4.73. The maximum atomic E-state index is 11.0. The molecule has 74 valence electrons. The first-order valence-corrected chi connectivity index (χ1v) is 3.57. The Balaban J connectivity index is 0. The molecule has 0 aromatic rings. The summed E-state index contributed by atoms with van der Waals surface area (Å²) in [6.07, 6.45) is 0. The van der Waals surface area contributed by atoms with Gasteiger partial charge in [0, 0.05) is 0 Å². The number of hydrogen-bond donors (Lipinski definition) is 3. The van der Waals surface area contributed by atoms with Crippen molar-refractivity contribution in [2.75, 3.05) is 6.61 Å². The SMILES string of the molecule is CC(N)C(=O)NC(C)(C)CO.Cl. The van der Waals surface area contributed by atoms with E-state index in [0.29, 0.717) is 0 Å². The summed E-state index contributed by atoms with van der Waals surface area (Å²) in [5, 5.41) is 11.4. The molecule has 0 spiro atoms. The molecular formula is C7H17ClN2O2. The Labute approximate surface area is 78.9 Å². The van der Waals surface area contributed by atoms with E-state index in [1.165, 1.54) is 0 Å². The third-order valence-electron chi connectivity index (χ3n) is 1.27. The molecule has 4 N–H and O–H groups in total. The molecule has 1 atom stereocenters. The van der Waals surface area contributed by atoms with E-state index < -0.39 is 11.6 Å². The van der Waals surface area contributed by atoms with Crippen LogP contribution in [0.1, 0.15) is 20.8 Å². The zero-order valence-electron chi connectivity index (χ0n) is 7.63. The van der Waals surface area contributed by atoms with Crippen LogP contribution < -0.4 is 11.1 Å². The predicted molar refractivity (Wildman–Crippen MR) is 50.2 cm³/mol. The number of aliphatic hydroxyl groups is 1. The minimum atomic E-state index is -0.579. The molecule has 0 saturated carbocycles. The van der Waals surface area contributed by atoms with Gasteiger partial charge in [0.1, 0.15) is 0 Å². The van der Waals surface area contributed by atoms with Crippen molar-refractivity contribution < 1.29 is 9.90 Å². The van der Waals surface area contributed by atoms with Gasteiger partial charge in [-0.1, -0.05) is 0 Å². The van der Waals surface area contributed by atoms with Crippen molar-refractivity contribution in [3.8, 4) is 0 Å². The number of amides is 1. The predicted octanol–water partition coefficient (Wildman–Crippen LogP) is -0.358. The second-order valence-electron chi connectivity index (χ2n) is 3.32. The standard InChI is InChI=1S/C7H16N2O2.ClH/c1-5(8)6(11)9-7(2,3)4-10;/h5,10H,4,8H2,1-3H3,(H,9,11);1H. The minimum absolute atomic E-state index is 0. The molecule has 1 amide bonds. The lowest BCUT2D eigenvalue weighted by atomic mass is 10.1. The number of carbonyl (C=O) groups is 1. The summed E-state index contributed by atoms with van der Waals surface area (Å²) in [4.78, 5) is 11.0. The van der Waals surface area contributed by atoms with E-state index in [1.54, 1.807) is 20.8 Å². The highest BCUT2D eigenvalue weighted by Crippen LogP contribution is 1.99. The van der Waals surface area contributed by atoms with Crippen LogP contribution in [-0.2, 0) is 4.79 Å². The van der Waals surface area contributed by atoms with E-state index in [1.807, 2.05) is 0 Å². The van der Waals surface area contributed by atoms with Crippen molar-refractivity contribution in [2.24, 2.45) is 5.73 Å². The first-order valence-electron chi connectivity index (χ1n) is 3.57. The molecule has 0 aromatic carbocycles. The quantitative estimate of drug-likeness (QED) is 0.577. The first kappa shape index (κ1) is 14.2. The number of aliphatic hydroxyl groups excluding tert-OH is 1. The largest absolute Gasteiger partial charge is 0.394 e. The topological polar surface area (TPSA) is 75.4 Å². The average Bonchev–Trinajstić information content (AvgIpc) is 1.87. The summed E-state index contributed by atoms with van der Waals surface area (Å²) in [6.45, 7) is 4.97. The fraction of sp³-hybridized carbons (Fsp3) is 0.857. The van der Waals surface area contributed by atoms with E-state index in [4.69, 9.17) is 10.8 Å². The normalized spacial score (nSPS) is 13.1. The van der Waals surface area contributed by atoms with Crippen LogP contribution in [0.4, 0.5) is 0 Å². The van der Waals surface area contributed by atoms with Crippen LogP contribution in [0.2, 0.25) is 0 Å². The van der Waals surface area contributed by atoms with Crippen molar-refractivity contribution in [1.82, 2.24) is 5.32 Å². The summed E-state index contributed by atoms with van der Waals surface area (Å²) < 4.78 is 0. The Morgan fingerprint density at radius 2 is 2.08 bits per heavy atom. The fourth-order valence-corrected chi connectivity index (χ4v) is 0.487. The molecule has 0 radical (unpaired) electrons. The molecule has 0 aliphatic rings. The smallest absolute Gasteiger partial charge is 0.237 e. The van der Waals surface area contributed by atoms with Crippen LogP contribution in [0.3, 0.4) is 0 Å². The van der Waals surface area contributed by atoms with Crippen molar-refractivity contribution >= 4 is 18.3 Å². The van der Waals surface area contributed by atoms with Gasteiger partial charge in [0.05, 0.1) is 18.2 Å². The van der Waals surface area contributed by atoms with Crippen LogP contribution in [0, 0.1) is 0 Å². The number of hydrogen-bond acceptors (Lipinski definition) is 3.